The molecule has 0 saturated carbocycles. The second kappa shape index (κ2) is 6.68. The van der Waals surface area contributed by atoms with Crippen LogP contribution in [0.15, 0.2) is 29.6 Å². The van der Waals surface area contributed by atoms with E-state index in [-0.39, 0.29) is 6.04 Å². The van der Waals surface area contributed by atoms with Crippen LogP contribution in [-0.2, 0) is 0 Å². The molecule has 0 spiro atoms. The zero-order valence-electron chi connectivity index (χ0n) is 11.6. The fraction of sp³-hybridized carbons (Fsp3) is 0.400. The normalized spacial score (nSPS) is 12.4. The van der Waals surface area contributed by atoms with Crippen LogP contribution in [0.5, 0.6) is 5.75 Å². The molecule has 19 heavy (non-hydrogen) atoms. The van der Waals surface area contributed by atoms with E-state index in [2.05, 4.69) is 28.7 Å². The van der Waals surface area contributed by atoms with E-state index < -0.39 is 0 Å². The third kappa shape index (κ3) is 3.33. The van der Waals surface area contributed by atoms with Crippen LogP contribution >= 0.6 is 11.3 Å². The van der Waals surface area contributed by atoms with Crippen LogP contribution in [0.2, 0.25) is 0 Å². The number of aromatic nitrogens is 1. The molecule has 1 unspecified atom stereocenters. The molecule has 0 bridgehead atoms. The Morgan fingerprint density at radius 2 is 2.11 bits per heavy atom. The van der Waals surface area contributed by atoms with E-state index in [1.807, 2.05) is 32.0 Å². The summed E-state index contributed by atoms with van der Waals surface area (Å²) in [5.74, 6) is 0.934. The van der Waals surface area contributed by atoms with Crippen molar-refractivity contribution in [3.05, 3.63) is 45.9 Å². The number of nitrogens with one attached hydrogen (secondary N) is 1. The predicted octanol–water partition coefficient (Wildman–Crippen LogP) is 3.55. The molecule has 102 valence electrons. The number of aryl methyl sites for hydroxylation is 1. The van der Waals surface area contributed by atoms with Gasteiger partial charge in [0.1, 0.15) is 10.8 Å². The summed E-state index contributed by atoms with van der Waals surface area (Å²) in [6, 6.07) is 8.28. The Balaban J connectivity index is 2.38. The molecular weight excluding hydrogens is 256 g/mol. The number of hydrogen-bond donors (Lipinski definition) is 1. The number of nitrogens with zero attached hydrogens (tertiary/aromatic N) is 1. The van der Waals surface area contributed by atoms with Gasteiger partial charge in [-0.3, -0.25) is 0 Å². The molecule has 0 fully saturated rings. The Morgan fingerprint density at radius 3 is 2.74 bits per heavy atom. The molecule has 0 saturated heterocycles. The zero-order chi connectivity index (χ0) is 13.7. The van der Waals surface area contributed by atoms with E-state index in [0.29, 0.717) is 6.61 Å². The first kappa shape index (κ1) is 14.0. The molecule has 0 aliphatic rings. The number of hydrogen-bond acceptors (Lipinski definition) is 4. The van der Waals surface area contributed by atoms with Crippen molar-refractivity contribution in [2.75, 3.05) is 13.2 Å². The maximum atomic E-state index is 5.73. The summed E-state index contributed by atoms with van der Waals surface area (Å²) in [5, 5.41) is 6.67. The van der Waals surface area contributed by atoms with Crippen LogP contribution in [-0.4, -0.2) is 18.1 Å². The molecule has 4 heteroatoms. The first-order valence-corrected chi connectivity index (χ1v) is 7.51. The summed E-state index contributed by atoms with van der Waals surface area (Å²) in [7, 11) is 0. The van der Waals surface area contributed by atoms with Crippen LogP contribution in [0.1, 0.15) is 36.2 Å². The number of benzene rings is 1. The molecule has 1 heterocycles. The third-order valence-corrected chi connectivity index (χ3v) is 3.85. The molecule has 0 amide bonds. The van der Waals surface area contributed by atoms with Gasteiger partial charge in [-0.05, 0) is 26.5 Å². The predicted molar refractivity (Wildman–Crippen MR) is 80.0 cm³/mol. The maximum absolute atomic E-state index is 5.73. The largest absolute Gasteiger partial charge is 0.494 e. The highest BCUT2D eigenvalue weighted by Gasteiger charge is 2.19. The Bertz CT molecular complexity index is 524. The second-order valence-corrected chi connectivity index (χ2v) is 5.18. The van der Waals surface area contributed by atoms with Crippen LogP contribution in [0.3, 0.4) is 0 Å². The van der Waals surface area contributed by atoms with Crippen molar-refractivity contribution in [1.29, 1.82) is 0 Å². The van der Waals surface area contributed by atoms with Crippen LogP contribution in [0.4, 0.5) is 0 Å². The number of ether oxygens (including phenoxy) is 1. The lowest BCUT2D eigenvalue weighted by Crippen LogP contribution is -2.22. The molecule has 0 aliphatic carbocycles. The molecule has 0 radical (unpaired) electrons. The Kier molecular flexibility index (Phi) is 4.93. The SMILES string of the molecule is CCNC(c1nc(C)cs1)c1ccccc1OCC. The smallest absolute Gasteiger partial charge is 0.124 e. The quantitative estimate of drug-likeness (QED) is 0.876. The average molecular weight is 276 g/mol. The molecule has 1 atom stereocenters. The summed E-state index contributed by atoms with van der Waals surface area (Å²) in [4.78, 5) is 4.61. The van der Waals surface area contributed by atoms with Crippen LogP contribution in [0, 0.1) is 6.92 Å². The van der Waals surface area contributed by atoms with E-state index in [4.69, 9.17) is 4.74 Å². The minimum atomic E-state index is 0.103. The summed E-state index contributed by atoms with van der Waals surface area (Å²) in [6.45, 7) is 7.71. The van der Waals surface area contributed by atoms with E-state index in [9.17, 15) is 0 Å². The van der Waals surface area contributed by atoms with Crippen molar-refractivity contribution in [3.63, 3.8) is 0 Å². The lowest BCUT2D eigenvalue weighted by molar-refractivity contribution is 0.333. The molecular formula is C15H20N2OS. The monoisotopic (exact) mass is 276 g/mol. The molecule has 2 rings (SSSR count). The number of para-hydroxylation sites is 1. The van der Waals surface area contributed by atoms with Crippen LogP contribution < -0.4 is 10.1 Å². The summed E-state index contributed by atoms with van der Waals surface area (Å²) < 4.78 is 5.73. The van der Waals surface area contributed by atoms with Gasteiger partial charge in [-0.25, -0.2) is 4.98 Å². The van der Waals surface area contributed by atoms with E-state index >= 15 is 0 Å². The fourth-order valence-corrected chi connectivity index (χ4v) is 2.93. The first-order chi connectivity index (χ1) is 9.26. The van der Waals surface area contributed by atoms with Gasteiger partial charge in [-0.15, -0.1) is 11.3 Å². The van der Waals surface area contributed by atoms with Gasteiger partial charge in [0.15, 0.2) is 0 Å². The van der Waals surface area contributed by atoms with Gasteiger partial charge in [-0.1, -0.05) is 25.1 Å². The first-order valence-electron chi connectivity index (χ1n) is 6.63. The lowest BCUT2D eigenvalue weighted by Gasteiger charge is -2.19. The van der Waals surface area contributed by atoms with E-state index in [1.54, 1.807) is 11.3 Å². The highest BCUT2D eigenvalue weighted by atomic mass is 32.1. The van der Waals surface area contributed by atoms with Gasteiger partial charge in [0, 0.05) is 16.6 Å². The van der Waals surface area contributed by atoms with Gasteiger partial charge < -0.3 is 10.1 Å². The summed E-state index contributed by atoms with van der Waals surface area (Å²) in [6.07, 6.45) is 0. The molecule has 3 nitrogen and oxygen atoms in total. The maximum Gasteiger partial charge on any atom is 0.124 e. The minimum absolute atomic E-state index is 0.103. The van der Waals surface area contributed by atoms with Crippen molar-refractivity contribution < 1.29 is 4.74 Å². The topological polar surface area (TPSA) is 34.2 Å². The number of rotatable bonds is 6. The molecule has 1 N–H and O–H groups in total. The fourth-order valence-electron chi connectivity index (χ4n) is 2.05. The second-order valence-electron chi connectivity index (χ2n) is 4.29. The van der Waals surface area contributed by atoms with Crippen molar-refractivity contribution >= 4 is 11.3 Å². The van der Waals surface area contributed by atoms with Crippen molar-refractivity contribution in [3.8, 4) is 5.75 Å². The standard InChI is InChI=1S/C15H20N2OS/c1-4-16-14(15-17-11(3)10-19-15)12-8-6-7-9-13(12)18-5-2/h6-10,14,16H,4-5H2,1-3H3. The average Bonchev–Trinajstić information content (AvgIpc) is 2.84. The highest BCUT2D eigenvalue weighted by molar-refractivity contribution is 7.09. The van der Waals surface area contributed by atoms with E-state index in [1.165, 1.54) is 0 Å². The number of thiazole rings is 1. The Labute approximate surface area is 118 Å². The molecule has 1 aromatic heterocycles. The summed E-state index contributed by atoms with van der Waals surface area (Å²) >= 11 is 1.69. The molecule has 0 aliphatic heterocycles. The minimum Gasteiger partial charge on any atom is -0.494 e. The van der Waals surface area contributed by atoms with Crippen LogP contribution in [0.25, 0.3) is 0 Å². The zero-order valence-corrected chi connectivity index (χ0v) is 12.5. The Hall–Kier alpha value is -1.39. The van der Waals surface area contributed by atoms with Gasteiger partial charge in [-0.2, -0.15) is 0 Å². The van der Waals surface area contributed by atoms with Crippen molar-refractivity contribution in [1.82, 2.24) is 10.3 Å². The third-order valence-electron chi connectivity index (χ3n) is 2.82. The molecule has 2 aromatic rings. The Morgan fingerprint density at radius 1 is 1.32 bits per heavy atom. The highest BCUT2D eigenvalue weighted by Crippen LogP contribution is 2.31. The van der Waals surface area contributed by atoms with Crippen molar-refractivity contribution in [2.45, 2.75) is 26.8 Å². The summed E-state index contributed by atoms with van der Waals surface area (Å²) in [5.41, 5.74) is 2.22. The van der Waals surface area contributed by atoms with Gasteiger partial charge in [0.05, 0.1) is 12.6 Å². The molecule has 1 aromatic carbocycles. The van der Waals surface area contributed by atoms with Crippen molar-refractivity contribution in [2.24, 2.45) is 0 Å². The van der Waals surface area contributed by atoms with Gasteiger partial charge in [0.2, 0.25) is 0 Å². The van der Waals surface area contributed by atoms with Gasteiger partial charge in [0.25, 0.3) is 0 Å². The van der Waals surface area contributed by atoms with Gasteiger partial charge >= 0.3 is 0 Å². The van der Waals surface area contributed by atoms with E-state index in [0.717, 1.165) is 28.6 Å². The lowest BCUT2D eigenvalue weighted by atomic mass is 10.1.